The summed E-state index contributed by atoms with van der Waals surface area (Å²) in [5.74, 6) is 0.568. The fraction of sp³-hybridized carbons (Fsp3) is 0.462. The van der Waals surface area contributed by atoms with Crippen LogP contribution in [0.25, 0.3) is 10.1 Å². The second-order valence-corrected chi connectivity index (χ2v) is 6.72. The van der Waals surface area contributed by atoms with E-state index in [2.05, 4.69) is 4.37 Å². The third-order valence-electron chi connectivity index (χ3n) is 4.05. The number of aromatic nitrogens is 1. The van der Waals surface area contributed by atoms with Crippen LogP contribution in [0.5, 0.6) is 0 Å². The van der Waals surface area contributed by atoms with Gasteiger partial charge in [0.2, 0.25) is 0 Å². The molecule has 1 aliphatic rings. The number of anilines is 1. The molecule has 3 rings (SSSR count). The number of fused-ring (bicyclic) bond motifs is 1. The van der Waals surface area contributed by atoms with E-state index in [1.54, 1.807) is 0 Å². The molecule has 1 aromatic heterocycles. The van der Waals surface area contributed by atoms with Crippen molar-refractivity contribution in [2.75, 3.05) is 5.73 Å². The van der Waals surface area contributed by atoms with Gasteiger partial charge in [0.1, 0.15) is 5.82 Å². The van der Waals surface area contributed by atoms with E-state index in [1.165, 1.54) is 11.5 Å². The molecule has 0 amide bonds. The van der Waals surface area contributed by atoms with Crippen molar-refractivity contribution in [2.24, 2.45) is 0 Å². The summed E-state index contributed by atoms with van der Waals surface area (Å²) in [6.45, 7) is 8.19. The summed E-state index contributed by atoms with van der Waals surface area (Å²) in [5, 5.41) is 0.970. The molecule has 0 spiro atoms. The van der Waals surface area contributed by atoms with Crippen molar-refractivity contribution in [3.8, 4) is 0 Å². The van der Waals surface area contributed by atoms with Gasteiger partial charge in [-0.2, -0.15) is 4.37 Å². The van der Waals surface area contributed by atoms with Gasteiger partial charge in [0, 0.05) is 5.39 Å². The molecule has 4 nitrogen and oxygen atoms in total. The van der Waals surface area contributed by atoms with Gasteiger partial charge in [-0.25, -0.2) is 0 Å². The Labute approximate surface area is 117 Å². The van der Waals surface area contributed by atoms with E-state index in [0.29, 0.717) is 5.82 Å². The first-order valence-electron chi connectivity index (χ1n) is 6.31. The maximum absolute atomic E-state index is 6.04. The van der Waals surface area contributed by atoms with Crippen LogP contribution in [0, 0.1) is 0 Å². The van der Waals surface area contributed by atoms with E-state index >= 15 is 0 Å². The second-order valence-electron chi connectivity index (χ2n) is 5.91. The number of nitrogens with zero attached hydrogens (tertiary/aromatic N) is 1. The molecule has 2 N–H and O–H groups in total. The Morgan fingerprint density at radius 2 is 1.79 bits per heavy atom. The summed E-state index contributed by atoms with van der Waals surface area (Å²) >= 11 is 1.41. The molecule has 6 heteroatoms. The Morgan fingerprint density at radius 3 is 2.42 bits per heavy atom. The minimum absolute atomic E-state index is 0.328. The molecule has 19 heavy (non-hydrogen) atoms. The van der Waals surface area contributed by atoms with E-state index in [9.17, 15) is 0 Å². The van der Waals surface area contributed by atoms with Crippen LogP contribution in [-0.4, -0.2) is 22.7 Å². The van der Waals surface area contributed by atoms with Crippen molar-refractivity contribution in [1.82, 2.24) is 4.37 Å². The molecule has 0 atom stereocenters. The molecule has 2 aromatic rings. The third kappa shape index (κ3) is 1.95. The van der Waals surface area contributed by atoms with Gasteiger partial charge < -0.3 is 15.0 Å². The Morgan fingerprint density at radius 1 is 1.16 bits per heavy atom. The molecular weight excluding hydrogens is 259 g/mol. The van der Waals surface area contributed by atoms with Crippen LogP contribution in [0.15, 0.2) is 18.2 Å². The number of nitrogens with two attached hydrogens (primary N) is 1. The van der Waals surface area contributed by atoms with E-state index in [0.717, 1.165) is 15.5 Å². The minimum atomic E-state index is -0.353. The van der Waals surface area contributed by atoms with Crippen LogP contribution < -0.4 is 11.2 Å². The Kier molecular flexibility index (Phi) is 2.68. The highest BCUT2D eigenvalue weighted by Gasteiger charge is 2.51. The molecule has 2 heterocycles. The molecule has 0 aliphatic carbocycles. The van der Waals surface area contributed by atoms with Crippen molar-refractivity contribution < 1.29 is 9.31 Å². The number of rotatable bonds is 1. The molecule has 1 saturated heterocycles. The summed E-state index contributed by atoms with van der Waals surface area (Å²) < 4.78 is 17.3. The summed E-state index contributed by atoms with van der Waals surface area (Å²) in [7, 11) is -0.353. The molecule has 1 aromatic carbocycles. The molecule has 0 bridgehead atoms. The van der Waals surface area contributed by atoms with Crippen molar-refractivity contribution in [1.29, 1.82) is 0 Å². The smallest absolute Gasteiger partial charge is 0.399 e. The lowest BCUT2D eigenvalue weighted by molar-refractivity contribution is 0.00578. The lowest BCUT2D eigenvalue weighted by atomic mass is 9.79. The molecule has 0 radical (unpaired) electrons. The highest BCUT2D eigenvalue weighted by atomic mass is 32.1. The van der Waals surface area contributed by atoms with Crippen LogP contribution in [0.2, 0.25) is 0 Å². The van der Waals surface area contributed by atoms with Crippen molar-refractivity contribution in [2.45, 2.75) is 38.9 Å². The highest BCUT2D eigenvalue weighted by Crippen LogP contribution is 2.36. The third-order valence-corrected chi connectivity index (χ3v) is 4.89. The Bertz CT molecular complexity index is 623. The normalized spacial score (nSPS) is 21.2. The number of nitrogen functional groups attached to an aromatic ring is 1. The number of hydrogen-bond acceptors (Lipinski definition) is 5. The van der Waals surface area contributed by atoms with E-state index in [-0.39, 0.29) is 18.3 Å². The fourth-order valence-electron chi connectivity index (χ4n) is 2.10. The van der Waals surface area contributed by atoms with Gasteiger partial charge in [0.05, 0.1) is 15.9 Å². The monoisotopic (exact) mass is 276 g/mol. The second kappa shape index (κ2) is 3.94. The quantitative estimate of drug-likeness (QED) is 0.811. The van der Waals surface area contributed by atoms with Crippen LogP contribution in [0.1, 0.15) is 27.7 Å². The zero-order valence-corrected chi connectivity index (χ0v) is 12.4. The first kappa shape index (κ1) is 12.9. The predicted octanol–water partition coefficient (Wildman–Crippen LogP) is 2.18. The first-order chi connectivity index (χ1) is 8.80. The lowest BCUT2D eigenvalue weighted by Crippen LogP contribution is -2.41. The number of hydrogen-bond donors (Lipinski definition) is 1. The van der Waals surface area contributed by atoms with E-state index in [1.807, 2.05) is 45.9 Å². The largest absolute Gasteiger partial charge is 0.494 e. The zero-order chi connectivity index (χ0) is 13.8. The standard InChI is InChI=1S/C13H17BN2O2S/c1-12(2)13(3,4)18-14(17-12)8-5-6-10-9(7-8)11(15)16-19-10/h5-7H,1-4H3,(H2,15,16). The van der Waals surface area contributed by atoms with Crippen molar-refractivity contribution in [3.63, 3.8) is 0 Å². The summed E-state index contributed by atoms with van der Waals surface area (Å²) in [6, 6.07) is 6.04. The molecule has 1 fully saturated rings. The van der Waals surface area contributed by atoms with Crippen LogP contribution in [-0.2, 0) is 9.31 Å². The molecular formula is C13H17BN2O2S. The predicted molar refractivity (Wildman–Crippen MR) is 79.7 cm³/mol. The van der Waals surface area contributed by atoms with E-state index < -0.39 is 0 Å². The van der Waals surface area contributed by atoms with Gasteiger partial charge in [0.15, 0.2) is 0 Å². The van der Waals surface area contributed by atoms with E-state index in [4.69, 9.17) is 15.0 Å². The average molecular weight is 276 g/mol. The van der Waals surface area contributed by atoms with Gasteiger partial charge in [-0.1, -0.05) is 6.07 Å². The van der Waals surface area contributed by atoms with Crippen LogP contribution >= 0.6 is 11.5 Å². The Balaban J connectivity index is 2.00. The van der Waals surface area contributed by atoms with Crippen molar-refractivity contribution in [3.05, 3.63) is 18.2 Å². The topological polar surface area (TPSA) is 57.4 Å². The highest BCUT2D eigenvalue weighted by molar-refractivity contribution is 7.13. The molecule has 1 aliphatic heterocycles. The van der Waals surface area contributed by atoms with Crippen LogP contribution in [0.3, 0.4) is 0 Å². The van der Waals surface area contributed by atoms with Crippen molar-refractivity contribution >= 4 is 40.0 Å². The van der Waals surface area contributed by atoms with Gasteiger partial charge >= 0.3 is 7.12 Å². The van der Waals surface area contributed by atoms with Crippen LogP contribution in [0.4, 0.5) is 5.82 Å². The maximum atomic E-state index is 6.04. The zero-order valence-electron chi connectivity index (χ0n) is 11.6. The van der Waals surface area contributed by atoms with Gasteiger partial charge in [0.25, 0.3) is 0 Å². The van der Waals surface area contributed by atoms with Gasteiger partial charge in [-0.3, -0.25) is 0 Å². The SMILES string of the molecule is CC1(C)OB(c2ccc3snc(N)c3c2)OC1(C)C. The lowest BCUT2D eigenvalue weighted by Gasteiger charge is -2.32. The van der Waals surface area contributed by atoms with Gasteiger partial charge in [-0.15, -0.1) is 0 Å². The van der Waals surface area contributed by atoms with Gasteiger partial charge in [-0.05, 0) is 56.8 Å². The number of benzene rings is 1. The fourth-order valence-corrected chi connectivity index (χ4v) is 2.79. The summed E-state index contributed by atoms with van der Waals surface area (Å²) in [5.41, 5.74) is 6.20. The minimum Gasteiger partial charge on any atom is -0.399 e. The summed E-state index contributed by atoms with van der Waals surface area (Å²) in [4.78, 5) is 0. The molecule has 0 unspecified atom stereocenters. The maximum Gasteiger partial charge on any atom is 0.494 e. The Hall–Kier alpha value is -1.11. The average Bonchev–Trinajstić information content (AvgIpc) is 2.78. The molecule has 0 saturated carbocycles. The summed E-state index contributed by atoms with van der Waals surface area (Å²) in [6.07, 6.45) is 0. The first-order valence-corrected chi connectivity index (χ1v) is 7.08. The molecule has 100 valence electrons.